The number of hydrazine groups is 1. The first-order valence-corrected chi connectivity index (χ1v) is 4.37. The maximum atomic E-state index is 3.25. The molecule has 3 aliphatic rings. The molecule has 0 aromatic heterocycles. The van der Waals surface area contributed by atoms with Crippen LogP contribution in [0.4, 0.5) is 0 Å². The number of nitrogens with one attached hydrogen (secondary N) is 2. The van der Waals surface area contributed by atoms with Gasteiger partial charge in [-0.1, -0.05) is 13.8 Å². The van der Waals surface area contributed by atoms with Crippen molar-refractivity contribution in [2.45, 2.75) is 45.7 Å². The van der Waals surface area contributed by atoms with Crippen molar-refractivity contribution in [3.05, 3.63) is 0 Å². The third kappa shape index (κ3) is 1.32. The van der Waals surface area contributed by atoms with Gasteiger partial charge in [-0.15, -0.1) is 0 Å². The largest absolute Gasteiger partial charge is 0.255 e. The van der Waals surface area contributed by atoms with E-state index in [-0.39, 0.29) is 0 Å². The van der Waals surface area contributed by atoms with Crippen molar-refractivity contribution < 1.29 is 0 Å². The maximum absolute atomic E-state index is 3.25. The van der Waals surface area contributed by atoms with E-state index in [2.05, 4.69) is 17.8 Å². The smallest absolute Gasteiger partial charge is 0.0219 e. The van der Waals surface area contributed by atoms with Crippen LogP contribution >= 0.6 is 0 Å². The summed E-state index contributed by atoms with van der Waals surface area (Å²) >= 11 is 0. The van der Waals surface area contributed by atoms with E-state index < -0.39 is 0 Å². The summed E-state index contributed by atoms with van der Waals surface area (Å²) in [5, 5.41) is 0. The molecular weight excluding hydrogens is 124 g/mol. The summed E-state index contributed by atoms with van der Waals surface area (Å²) in [5.41, 5.74) is 6.48. The highest BCUT2D eigenvalue weighted by Crippen LogP contribution is 2.32. The van der Waals surface area contributed by atoms with E-state index in [9.17, 15) is 0 Å². The normalized spacial score (nSPS) is 42.9. The topological polar surface area (TPSA) is 24.1 Å². The second kappa shape index (κ2) is 3.35. The summed E-state index contributed by atoms with van der Waals surface area (Å²) in [5.74, 6) is 0.973. The van der Waals surface area contributed by atoms with E-state index in [0.717, 1.165) is 12.0 Å². The zero-order chi connectivity index (χ0) is 7.56. The van der Waals surface area contributed by atoms with E-state index in [1.165, 1.54) is 12.8 Å². The first kappa shape index (κ1) is 8.02. The van der Waals surface area contributed by atoms with Gasteiger partial charge in [0, 0.05) is 12.1 Å². The first-order chi connectivity index (χ1) is 4.86. The van der Waals surface area contributed by atoms with Crippen LogP contribution in [0.15, 0.2) is 0 Å². The van der Waals surface area contributed by atoms with E-state index in [4.69, 9.17) is 0 Å². The Morgan fingerprint density at radius 3 is 1.90 bits per heavy atom. The Kier molecular flexibility index (Phi) is 2.69. The lowest BCUT2D eigenvalue weighted by atomic mass is 9.75. The Balaban J connectivity index is 0.000000231. The van der Waals surface area contributed by atoms with Gasteiger partial charge in [0.2, 0.25) is 0 Å². The van der Waals surface area contributed by atoms with Crippen LogP contribution in [0.5, 0.6) is 0 Å². The predicted molar refractivity (Wildman–Crippen MR) is 43.6 cm³/mol. The Morgan fingerprint density at radius 2 is 1.70 bits per heavy atom. The van der Waals surface area contributed by atoms with Crippen LogP contribution in [0.1, 0.15) is 33.6 Å². The van der Waals surface area contributed by atoms with Crippen molar-refractivity contribution in [1.82, 2.24) is 10.9 Å². The zero-order valence-corrected chi connectivity index (χ0v) is 7.15. The van der Waals surface area contributed by atoms with Gasteiger partial charge in [0.1, 0.15) is 0 Å². The maximum Gasteiger partial charge on any atom is 0.0219 e. The molecular formula is C8H18N2. The molecule has 2 N–H and O–H groups in total. The van der Waals surface area contributed by atoms with Crippen LogP contribution in [-0.2, 0) is 0 Å². The summed E-state index contributed by atoms with van der Waals surface area (Å²) in [7, 11) is 0. The summed E-state index contributed by atoms with van der Waals surface area (Å²) < 4.78 is 0. The van der Waals surface area contributed by atoms with Gasteiger partial charge in [-0.05, 0) is 25.7 Å². The minimum absolute atomic E-state index is 0.708. The SMILES string of the molecule is CC.CC1NNC2CC1C2. The van der Waals surface area contributed by atoms with Gasteiger partial charge in [0.15, 0.2) is 0 Å². The molecule has 2 aliphatic heterocycles. The molecule has 3 rings (SSSR count). The lowest BCUT2D eigenvalue weighted by molar-refractivity contribution is 0.0872. The minimum Gasteiger partial charge on any atom is -0.255 e. The predicted octanol–water partition coefficient (Wildman–Crippen LogP) is 1.29. The number of hydrogen-bond acceptors (Lipinski definition) is 2. The van der Waals surface area contributed by atoms with Crippen molar-refractivity contribution in [2.75, 3.05) is 0 Å². The summed E-state index contributed by atoms with van der Waals surface area (Å²) in [6.45, 7) is 6.24. The molecule has 1 unspecified atom stereocenters. The highest BCUT2D eigenvalue weighted by molar-refractivity contribution is 4.93. The molecule has 0 aromatic carbocycles. The highest BCUT2D eigenvalue weighted by atomic mass is 15.4. The molecule has 2 heteroatoms. The van der Waals surface area contributed by atoms with Crippen molar-refractivity contribution in [3.8, 4) is 0 Å². The van der Waals surface area contributed by atoms with E-state index in [1.54, 1.807) is 0 Å². The molecule has 1 saturated carbocycles. The van der Waals surface area contributed by atoms with Crippen LogP contribution in [0.25, 0.3) is 0 Å². The molecule has 1 atom stereocenters. The molecule has 0 amide bonds. The molecule has 2 heterocycles. The third-order valence-electron chi connectivity index (χ3n) is 2.40. The molecule has 10 heavy (non-hydrogen) atoms. The van der Waals surface area contributed by atoms with E-state index >= 15 is 0 Å². The molecule has 3 fully saturated rings. The summed E-state index contributed by atoms with van der Waals surface area (Å²) in [4.78, 5) is 0. The monoisotopic (exact) mass is 142 g/mol. The molecule has 0 radical (unpaired) electrons. The van der Waals surface area contributed by atoms with Gasteiger partial charge in [-0.3, -0.25) is 10.9 Å². The standard InChI is InChI=1S/C6H12N2.C2H6/c1-4-5-2-6(3-5)8-7-4;1-2/h4-8H,2-3H2,1H3;1-2H3. The fourth-order valence-electron chi connectivity index (χ4n) is 1.56. The van der Waals surface area contributed by atoms with Crippen molar-refractivity contribution >= 4 is 0 Å². The van der Waals surface area contributed by atoms with E-state index in [1.807, 2.05) is 13.8 Å². The summed E-state index contributed by atoms with van der Waals surface area (Å²) in [6.07, 6.45) is 2.79. The molecule has 2 saturated heterocycles. The lowest BCUT2D eigenvalue weighted by Gasteiger charge is -2.46. The second-order valence-electron chi connectivity index (χ2n) is 3.01. The average Bonchev–Trinajstić information content (AvgIpc) is 1.90. The fraction of sp³-hybridized carbons (Fsp3) is 1.00. The third-order valence-corrected chi connectivity index (χ3v) is 2.40. The van der Waals surface area contributed by atoms with Crippen LogP contribution in [0, 0.1) is 5.92 Å². The Labute approximate surface area is 63.4 Å². The van der Waals surface area contributed by atoms with Crippen molar-refractivity contribution in [2.24, 2.45) is 5.92 Å². The fourth-order valence-corrected chi connectivity index (χ4v) is 1.56. The molecule has 60 valence electrons. The molecule has 1 aliphatic carbocycles. The second-order valence-corrected chi connectivity index (χ2v) is 3.01. The van der Waals surface area contributed by atoms with Gasteiger partial charge < -0.3 is 0 Å². The number of rotatable bonds is 0. The average molecular weight is 142 g/mol. The molecule has 2 nitrogen and oxygen atoms in total. The Morgan fingerprint density at radius 1 is 1.10 bits per heavy atom. The van der Waals surface area contributed by atoms with Gasteiger partial charge >= 0.3 is 0 Å². The quantitative estimate of drug-likeness (QED) is 0.532. The van der Waals surface area contributed by atoms with Gasteiger partial charge in [-0.2, -0.15) is 0 Å². The number of fused-ring (bicyclic) bond motifs is 2. The van der Waals surface area contributed by atoms with Crippen LogP contribution < -0.4 is 10.9 Å². The molecule has 2 bridgehead atoms. The Bertz CT molecular complexity index is 91.9. The lowest BCUT2D eigenvalue weighted by Crippen LogP contribution is -2.62. The van der Waals surface area contributed by atoms with Crippen LogP contribution in [-0.4, -0.2) is 12.1 Å². The van der Waals surface area contributed by atoms with Gasteiger partial charge in [0.05, 0.1) is 0 Å². The van der Waals surface area contributed by atoms with Crippen LogP contribution in [0.3, 0.4) is 0 Å². The highest BCUT2D eigenvalue weighted by Gasteiger charge is 2.37. The Hall–Kier alpha value is -0.0800. The summed E-state index contributed by atoms with van der Waals surface area (Å²) in [6, 6.07) is 1.51. The minimum atomic E-state index is 0.708. The van der Waals surface area contributed by atoms with Crippen molar-refractivity contribution in [3.63, 3.8) is 0 Å². The first-order valence-electron chi connectivity index (χ1n) is 4.37. The molecule has 0 aromatic rings. The molecule has 0 spiro atoms. The zero-order valence-electron chi connectivity index (χ0n) is 7.15. The van der Waals surface area contributed by atoms with Gasteiger partial charge in [-0.25, -0.2) is 0 Å². The van der Waals surface area contributed by atoms with Crippen molar-refractivity contribution in [1.29, 1.82) is 0 Å². The van der Waals surface area contributed by atoms with Crippen LogP contribution in [0.2, 0.25) is 0 Å². The van der Waals surface area contributed by atoms with E-state index in [0.29, 0.717) is 6.04 Å². The van der Waals surface area contributed by atoms with Gasteiger partial charge in [0.25, 0.3) is 0 Å². The number of hydrogen-bond donors (Lipinski definition) is 2.